The van der Waals surface area contributed by atoms with Gasteiger partial charge in [-0.2, -0.15) is 0 Å². The van der Waals surface area contributed by atoms with Gasteiger partial charge in [0.15, 0.2) is 11.6 Å². The Morgan fingerprint density at radius 1 is 1.29 bits per heavy atom. The third-order valence-electron chi connectivity index (χ3n) is 4.62. The average molecular weight is 323 g/mol. The lowest BCUT2D eigenvalue weighted by atomic mass is 10.00. The maximum absolute atomic E-state index is 13.3. The first kappa shape index (κ1) is 14.9. The zero-order valence-corrected chi connectivity index (χ0v) is 13.6. The first-order chi connectivity index (χ1) is 11.5. The lowest BCUT2D eigenvalue weighted by molar-refractivity contribution is 0.0952. The number of anilines is 1. The van der Waals surface area contributed by atoms with Gasteiger partial charge in [-0.3, -0.25) is 9.20 Å². The van der Waals surface area contributed by atoms with Crippen LogP contribution in [0.25, 0.3) is 16.8 Å². The first-order valence-corrected chi connectivity index (χ1v) is 7.99. The summed E-state index contributed by atoms with van der Waals surface area (Å²) in [6, 6.07) is 10.0. The molecule has 1 fully saturated rings. The molecule has 1 aromatic carbocycles. The Labute approximate surface area is 139 Å². The maximum Gasteiger partial charge on any atom is 0.189 e. The topological polar surface area (TPSA) is 60.4 Å². The van der Waals surface area contributed by atoms with Crippen molar-refractivity contribution in [2.45, 2.75) is 26.4 Å². The summed E-state index contributed by atoms with van der Waals surface area (Å²) < 4.78 is 15.0. The average Bonchev–Trinajstić information content (AvgIpc) is 3.16. The predicted octanol–water partition coefficient (Wildman–Crippen LogP) is 3.74. The normalized spacial score (nSPS) is 19.6. The summed E-state index contributed by atoms with van der Waals surface area (Å²) in [6.45, 7) is 4.11. The van der Waals surface area contributed by atoms with Crippen molar-refractivity contribution in [1.29, 1.82) is 0 Å². The number of nitrogens with zero attached hydrogens (tertiary/aromatic N) is 2. The summed E-state index contributed by atoms with van der Waals surface area (Å²) >= 11 is 0. The fourth-order valence-corrected chi connectivity index (χ4v) is 3.22. The van der Waals surface area contributed by atoms with Gasteiger partial charge in [-0.15, -0.1) is 0 Å². The smallest absolute Gasteiger partial charge is 0.189 e. The standard InChI is InChI=1S/C19H18FN3O/c1-10-3-5-13(11(2)7-10)12-4-6-16-22-19(21)17(23(16)9-12)18(24)14-8-15(14)20/h3-7,9,14-15H,8,21H2,1-2H3/t14-,15+/m1/s1. The number of aromatic nitrogens is 2. The Bertz CT molecular complexity index is 976. The van der Waals surface area contributed by atoms with Crippen LogP contribution in [0.15, 0.2) is 36.5 Å². The second kappa shape index (κ2) is 5.16. The molecule has 0 spiro atoms. The van der Waals surface area contributed by atoms with Crippen LogP contribution in [-0.2, 0) is 0 Å². The molecule has 2 atom stereocenters. The van der Waals surface area contributed by atoms with E-state index in [2.05, 4.69) is 37.0 Å². The number of rotatable bonds is 3. The van der Waals surface area contributed by atoms with E-state index < -0.39 is 12.1 Å². The van der Waals surface area contributed by atoms with Crippen molar-refractivity contribution < 1.29 is 9.18 Å². The lowest BCUT2D eigenvalue weighted by Crippen LogP contribution is -2.10. The van der Waals surface area contributed by atoms with Crippen LogP contribution in [0, 0.1) is 19.8 Å². The number of nitrogen functional groups attached to an aromatic ring is 1. The highest BCUT2D eigenvalue weighted by atomic mass is 19.1. The molecule has 0 amide bonds. The Kier molecular flexibility index (Phi) is 3.20. The minimum atomic E-state index is -1.05. The van der Waals surface area contributed by atoms with Crippen molar-refractivity contribution >= 4 is 17.2 Å². The van der Waals surface area contributed by atoms with E-state index >= 15 is 0 Å². The minimum Gasteiger partial charge on any atom is -0.382 e. The van der Waals surface area contributed by atoms with E-state index in [0.717, 1.165) is 16.7 Å². The molecule has 1 saturated carbocycles. The Hall–Kier alpha value is -2.69. The van der Waals surface area contributed by atoms with Crippen molar-refractivity contribution in [2.24, 2.45) is 5.92 Å². The molecule has 4 nitrogen and oxygen atoms in total. The number of imidazole rings is 1. The number of ketones is 1. The second-order valence-electron chi connectivity index (χ2n) is 6.53. The molecule has 0 saturated heterocycles. The van der Waals surface area contributed by atoms with Gasteiger partial charge in [-0.1, -0.05) is 23.8 Å². The Morgan fingerprint density at radius 3 is 2.71 bits per heavy atom. The number of pyridine rings is 1. The van der Waals surface area contributed by atoms with Crippen LogP contribution in [0.2, 0.25) is 0 Å². The first-order valence-electron chi connectivity index (χ1n) is 7.99. The largest absolute Gasteiger partial charge is 0.382 e. The van der Waals surface area contributed by atoms with E-state index in [1.165, 1.54) is 5.56 Å². The number of hydrogen-bond acceptors (Lipinski definition) is 3. The minimum absolute atomic E-state index is 0.164. The van der Waals surface area contributed by atoms with Crippen LogP contribution < -0.4 is 5.73 Å². The summed E-state index contributed by atoms with van der Waals surface area (Å²) in [7, 11) is 0. The molecule has 2 heterocycles. The van der Waals surface area contributed by atoms with Crippen molar-refractivity contribution in [1.82, 2.24) is 9.38 Å². The SMILES string of the molecule is Cc1ccc(-c2ccc3nc(N)c(C(=O)[C@@H]4C[C@@H]4F)n3c2)c(C)c1. The quantitative estimate of drug-likeness (QED) is 0.747. The molecular weight excluding hydrogens is 305 g/mol. The zero-order chi connectivity index (χ0) is 17.0. The zero-order valence-electron chi connectivity index (χ0n) is 13.6. The van der Waals surface area contributed by atoms with E-state index in [-0.39, 0.29) is 18.0 Å². The highest BCUT2D eigenvalue weighted by Gasteiger charge is 2.45. The maximum atomic E-state index is 13.3. The summed E-state index contributed by atoms with van der Waals surface area (Å²) in [6.07, 6.45) is 1.09. The number of nitrogens with two attached hydrogens (primary N) is 1. The second-order valence-corrected chi connectivity index (χ2v) is 6.53. The summed E-state index contributed by atoms with van der Waals surface area (Å²) in [5.41, 5.74) is 11.2. The van der Waals surface area contributed by atoms with Gasteiger partial charge in [0.25, 0.3) is 0 Å². The third kappa shape index (κ3) is 2.28. The molecule has 4 rings (SSSR count). The third-order valence-corrected chi connectivity index (χ3v) is 4.62. The molecule has 3 aromatic rings. The molecule has 2 aromatic heterocycles. The molecule has 1 aliphatic carbocycles. The fourth-order valence-electron chi connectivity index (χ4n) is 3.22. The molecule has 0 unspecified atom stereocenters. The molecular formula is C19H18FN3O. The number of Topliss-reactive ketones (excluding diaryl/α,β-unsaturated/α-hetero) is 1. The van der Waals surface area contributed by atoms with Gasteiger partial charge in [0.05, 0.1) is 5.92 Å². The van der Waals surface area contributed by atoms with Crippen molar-refractivity contribution in [3.05, 3.63) is 53.3 Å². The molecule has 0 radical (unpaired) electrons. The Balaban J connectivity index is 1.86. The van der Waals surface area contributed by atoms with E-state index in [1.807, 2.05) is 18.3 Å². The van der Waals surface area contributed by atoms with Crippen LogP contribution in [-0.4, -0.2) is 21.3 Å². The fraction of sp³-hybridized carbons (Fsp3) is 0.263. The molecule has 24 heavy (non-hydrogen) atoms. The number of carbonyl (C=O) groups is 1. The van der Waals surface area contributed by atoms with Crippen molar-refractivity contribution in [2.75, 3.05) is 5.73 Å². The van der Waals surface area contributed by atoms with Gasteiger partial charge in [0.1, 0.15) is 17.5 Å². The number of fused-ring (bicyclic) bond motifs is 1. The predicted molar refractivity (Wildman–Crippen MR) is 91.8 cm³/mol. The number of benzene rings is 1. The lowest BCUT2D eigenvalue weighted by Gasteiger charge is -2.09. The Morgan fingerprint density at radius 2 is 2.04 bits per heavy atom. The monoisotopic (exact) mass is 323 g/mol. The van der Waals surface area contributed by atoms with Crippen LogP contribution in [0.5, 0.6) is 0 Å². The van der Waals surface area contributed by atoms with E-state index in [4.69, 9.17) is 5.73 Å². The van der Waals surface area contributed by atoms with Crippen molar-refractivity contribution in [3.63, 3.8) is 0 Å². The van der Waals surface area contributed by atoms with Crippen LogP contribution in [0.3, 0.4) is 0 Å². The van der Waals surface area contributed by atoms with E-state index in [9.17, 15) is 9.18 Å². The van der Waals surface area contributed by atoms with Crippen LogP contribution in [0.1, 0.15) is 28.0 Å². The summed E-state index contributed by atoms with van der Waals surface area (Å²) in [4.78, 5) is 16.7. The molecule has 0 bridgehead atoms. The summed E-state index contributed by atoms with van der Waals surface area (Å²) in [5, 5.41) is 0. The van der Waals surface area contributed by atoms with E-state index in [0.29, 0.717) is 11.3 Å². The van der Waals surface area contributed by atoms with Crippen molar-refractivity contribution in [3.8, 4) is 11.1 Å². The molecule has 1 aliphatic rings. The summed E-state index contributed by atoms with van der Waals surface area (Å²) in [5.74, 6) is -0.667. The van der Waals surface area contributed by atoms with Crippen LogP contribution >= 0.6 is 0 Å². The highest BCUT2D eigenvalue weighted by molar-refractivity contribution is 6.03. The molecule has 2 N–H and O–H groups in total. The van der Waals surface area contributed by atoms with Gasteiger partial charge in [0.2, 0.25) is 0 Å². The van der Waals surface area contributed by atoms with Gasteiger partial charge < -0.3 is 5.73 Å². The molecule has 122 valence electrons. The van der Waals surface area contributed by atoms with Crippen LogP contribution in [0.4, 0.5) is 10.2 Å². The number of carbonyl (C=O) groups excluding carboxylic acids is 1. The van der Waals surface area contributed by atoms with E-state index in [1.54, 1.807) is 4.40 Å². The molecule has 0 aliphatic heterocycles. The van der Waals surface area contributed by atoms with Gasteiger partial charge in [-0.05, 0) is 49.1 Å². The van der Waals surface area contributed by atoms with Gasteiger partial charge in [-0.25, -0.2) is 9.37 Å². The number of hydrogen-bond donors (Lipinski definition) is 1. The number of aryl methyl sites for hydroxylation is 2. The number of halogens is 1. The molecule has 5 heteroatoms. The highest BCUT2D eigenvalue weighted by Crippen LogP contribution is 2.38. The number of alkyl halides is 1. The van der Waals surface area contributed by atoms with Gasteiger partial charge >= 0.3 is 0 Å². The van der Waals surface area contributed by atoms with Gasteiger partial charge in [0, 0.05) is 6.20 Å².